The number of nitrogens with two attached hydrogens (primary N) is 1. The lowest BCUT2D eigenvalue weighted by Crippen LogP contribution is -2.50. The van der Waals surface area contributed by atoms with Crippen LogP contribution >= 0.6 is 0 Å². The first kappa shape index (κ1) is 16.8. The van der Waals surface area contributed by atoms with Gasteiger partial charge < -0.3 is 10.6 Å². The first-order valence-corrected chi connectivity index (χ1v) is 9.10. The number of amides is 1. The molecule has 1 amide bonds. The molecule has 0 spiro atoms. The minimum absolute atomic E-state index is 0.257. The van der Waals surface area contributed by atoms with E-state index in [2.05, 4.69) is 11.8 Å². The normalized spacial score (nSPS) is 29.7. The molecule has 0 aromatic heterocycles. The van der Waals surface area contributed by atoms with Gasteiger partial charge in [0.1, 0.15) is 0 Å². The number of hydrogen-bond acceptors (Lipinski definition) is 2. The number of carbonyl (C=O) groups is 1. The number of rotatable bonds is 4. The van der Waals surface area contributed by atoms with Crippen molar-refractivity contribution in [2.75, 3.05) is 13.6 Å². The van der Waals surface area contributed by atoms with E-state index in [4.69, 9.17) is 5.73 Å². The summed E-state index contributed by atoms with van der Waals surface area (Å²) >= 11 is 0. The second-order valence-electron chi connectivity index (χ2n) is 7.40. The molecule has 0 radical (unpaired) electrons. The van der Waals surface area contributed by atoms with Crippen LogP contribution < -0.4 is 5.73 Å². The molecule has 2 aliphatic rings. The maximum absolute atomic E-state index is 13.1. The average molecular weight is 294 g/mol. The van der Waals surface area contributed by atoms with Crippen LogP contribution in [0.5, 0.6) is 0 Å². The molecule has 0 aromatic carbocycles. The molecule has 0 aliphatic heterocycles. The Morgan fingerprint density at radius 2 is 1.67 bits per heavy atom. The highest BCUT2D eigenvalue weighted by Gasteiger charge is 2.41. The predicted octanol–water partition coefficient (Wildman–Crippen LogP) is 3.71. The Morgan fingerprint density at radius 3 is 2.14 bits per heavy atom. The summed E-state index contributed by atoms with van der Waals surface area (Å²) in [6, 6.07) is 0.451. The zero-order valence-corrected chi connectivity index (χ0v) is 14.1. The molecule has 2 fully saturated rings. The molecule has 2 aliphatic carbocycles. The van der Waals surface area contributed by atoms with Gasteiger partial charge in [-0.15, -0.1) is 0 Å². The SMILES string of the molecule is CCC1CCC(N(C)C(=O)C2(CN)CCCCCC2)CC1. The Morgan fingerprint density at radius 1 is 1.10 bits per heavy atom. The topological polar surface area (TPSA) is 46.3 Å². The van der Waals surface area contributed by atoms with Crippen molar-refractivity contribution in [3.05, 3.63) is 0 Å². The van der Waals surface area contributed by atoms with E-state index >= 15 is 0 Å². The Balaban J connectivity index is 1.99. The Kier molecular flexibility index (Phi) is 6.09. The van der Waals surface area contributed by atoms with Crippen LogP contribution in [0.25, 0.3) is 0 Å². The second-order valence-corrected chi connectivity index (χ2v) is 7.40. The van der Waals surface area contributed by atoms with E-state index in [1.807, 2.05) is 7.05 Å². The predicted molar refractivity (Wildman–Crippen MR) is 88.0 cm³/mol. The third-order valence-corrected chi connectivity index (χ3v) is 6.17. The van der Waals surface area contributed by atoms with Crippen molar-refractivity contribution in [2.24, 2.45) is 17.1 Å². The van der Waals surface area contributed by atoms with Crippen molar-refractivity contribution in [1.82, 2.24) is 4.90 Å². The largest absolute Gasteiger partial charge is 0.342 e. The Hall–Kier alpha value is -0.570. The van der Waals surface area contributed by atoms with Gasteiger partial charge >= 0.3 is 0 Å². The number of carbonyl (C=O) groups excluding carboxylic acids is 1. The molecule has 3 heteroatoms. The zero-order valence-electron chi connectivity index (χ0n) is 14.1. The summed E-state index contributed by atoms with van der Waals surface area (Å²) in [5.74, 6) is 1.22. The van der Waals surface area contributed by atoms with Crippen molar-refractivity contribution in [3.63, 3.8) is 0 Å². The summed E-state index contributed by atoms with van der Waals surface area (Å²) in [4.78, 5) is 15.2. The second kappa shape index (κ2) is 7.62. The summed E-state index contributed by atoms with van der Waals surface area (Å²) in [5, 5.41) is 0. The number of hydrogen-bond donors (Lipinski definition) is 1. The summed E-state index contributed by atoms with van der Waals surface area (Å²) in [6.07, 6.45) is 13.1. The molecule has 3 nitrogen and oxygen atoms in total. The van der Waals surface area contributed by atoms with E-state index in [1.54, 1.807) is 0 Å². The zero-order chi connectivity index (χ0) is 15.3. The molecule has 0 unspecified atom stereocenters. The highest BCUT2D eigenvalue weighted by Crippen LogP contribution is 2.38. The van der Waals surface area contributed by atoms with Gasteiger partial charge in [0.05, 0.1) is 5.41 Å². The fraction of sp³-hybridized carbons (Fsp3) is 0.944. The smallest absolute Gasteiger partial charge is 0.230 e. The molecule has 2 N–H and O–H groups in total. The lowest BCUT2D eigenvalue weighted by Gasteiger charge is -2.40. The van der Waals surface area contributed by atoms with Crippen LogP contribution in [0.4, 0.5) is 0 Å². The van der Waals surface area contributed by atoms with Crippen molar-refractivity contribution >= 4 is 5.91 Å². The first-order chi connectivity index (χ1) is 10.1. The van der Waals surface area contributed by atoms with E-state index < -0.39 is 0 Å². The summed E-state index contributed by atoms with van der Waals surface area (Å²) in [6.45, 7) is 2.81. The van der Waals surface area contributed by atoms with Gasteiger partial charge in [-0.3, -0.25) is 4.79 Å². The van der Waals surface area contributed by atoms with Gasteiger partial charge in [0.25, 0.3) is 0 Å². The van der Waals surface area contributed by atoms with Crippen LogP contribution in [0.1, 0.15) is 77.6 Å². The van der Waals surface area contributed by atoms with Crippen LogP contribution in [0.2, 0.25) is 0 Å². The van der Waals surface area contributed by atoms with Crippen molar-refractivity contribution in [2.45, 2.75) is 83.6 Å². The summed E-state index contributed by atoms with van der Waals surface area (Å²) in [5.41, 5.74) is 5.81. The fourth-order valence-corrected chi connectivity index (χ4v) is 4.39. The molecule has 0 heterocycles. The van der Waals surface area contributed by atoms with E-state index in [1.165, 1.54) is 57.8 Å². The lowest BCUT2D eigenvalue weighted by molar-refractivity contribution is -0.144. The van der Waals surface area contributed by atoms with Crippen molar-refractivity contribution < 1.29 is 4.79 Å². The molecule has 21 heavy (non-hydrogen) atoms. The van der Waals surface area contributed by atoms with Gasteiger partial charge in [0, 0.05) is 19.6 Å². The third kappa shape index (κ3) is 3.80. The molecule has 2 rings (SSSR count). The highest BCUT2D eigenvalue weighted by molar-refractivity contribution is 5.83. The summed E-state index contributed by atoms with van der Waals surface area (Å²) in [7, 11) is 2.03. The van der Waals surface area contributed by atoms with Crippen LogP contribution in [-0.2, 0) is 4.79 Å². The van der Waals surface area contributed by atoms with Crippen LogP contribution in [-0.4, -0.2) is 30.4 Å². The maximum Gasteiger partial charge on any atom is 0.230 e. The van der Waals surface area contributed by atoms with E-state index in [0.717, 1.165) is 18.8 Å². The minimum atomic E-state index is -0.257. The molecular weight excluding hydrogens is 260 g/mol. The van der Waals surface area contributed by atoms with Gasteiger partial charge in [0.2, 0.25) is 5.91 Å². The molecule has 0 aromatic rings. The molecule has 0 bridgehead atoms. The monoisotopic (exact) mass is 294 g/mol. The lowest BCUT2D eigenvalue weighted by atomic mass is 9.77. The van der Waals surface area contributed by atoms with Gasteiger partial charge in [0.15, 0.2) is 0 Å². The Labute approximate surface area is 130 Å². The van der Waals surface area contributed by atoms with Gasteiger partial charge in [-0.25, -0.2) is 0 Å². The molecule has 2 saturated carbocycles. The van der Waals surface area contributed by atoms with Crippen LogP contribution in [0, 0.1) is 11.3 Å². The molecule has 0 saturated heterocycles. The maximum atomic E-state index is 13.1. The Bertz CT molecular complexity index is 326. The van der Waals surface area contributed by atoms with Crippen LogP contribution in [0.3, 0.4) is 0 Å². The van der Waals surface area contributed by atoms with Crippen molar-refractivity contribution in [1.29, 1.82) is 0 Å². The fourth-order valence-electron chi connectivity index (χ4n) is 4.39. The van der Waals surface area contributed by atoms with Gasteiger partial charge in [-0.2, -0.15) is 0 Å². The first-order valence-electron chi connectivity index (χ1n) is 9.10. The quantitative estimate of drug-likeness (QED) is 0.803. The third-order valence-electron chi connectivity index (χ3n) is 6.17. The standard InChI is InChI=1S/C18H34N2O/c1-3-15-8-10-16(11-9-15)20(2)17(21)18(14-19)12-6-4-5-7-13-18/h15-16H,3-14,19H2,1-2H3. The van der Waals surface area contributed by atoms with Gasteiger partial charge in [-0.05, 0) is 44.4 Å². The van der Waals surface area contributed by atoms with E-state index in [9.17, 15) is 4.79 Å². The highest BCUT2D eigenvalue weighted by atomic mass is 16.2. The van der Waals surface area contributed by atoms with E-state index in [-0.39, 0.29) is 5.41 Å². The minimum Gasteiger partial charge on any atom is -0.342 e. The molecular formula is C18H34N2O. The molecule has 0 atom stereocenters. The van der Waals surface area contributed by atoms with Crippen molar-refractivity contribution in [3.8, 4) is 0 Å². The average Bonchev–Trinajstić information content (AvgIpc) is 2.80. The number of nitrogens with zero attached hydrogens (tertiary/aromatic N) is 1. The van der Waals surface area contributed by atoms with Crippen LogP contribution in [0.15, 0.2) is 0 Å². The molecule has 122 valence electrons. The summed E-state index contributed by atoms with van der Waals surface area (Å²) < 4.78 is 0. The van der Waals surface area contributed by atoms with Gasteiger partial charge in [-0.1, -0.05) is 39.0 Å². The van der Waals surface area contributed by atoms with E-state index in [0.29, 0.717) is 18.5 Å².